The normalized spacial score (nSPS) is 15.1. The quantitative estimate of drug-likeness (QED) is 0.232. The fourth-order valence-electron chi connectivity index (χ4n) is 5.09. The molecule has 0 unspecified atom stereocenters. The van der Waals surface area contributed by atoms with Gasteiger partial charge in [0, 0.05) is 84.1 Å². The Kier molecular flexibility index (Phi) is 7.97. The lowest BCUT2D eigenvalue weighted by Crippen LogP contribution is -2.45. The van der Waals surface area contributed by atoms with Crippen LogP contribution in [0.2, 0.25) is 10.0 Å². The largest absolute Gasteiger partial charge is 0.347 e. The van der Waals surface area contributed by atoms with Crippen molar-refractivity contribution in [2.24, 2.45) is 0 Å². The maximum Gasteiger partial charge on any atom is 0.123 e. The molecule has 1 aliphatic heterocycles. The molecule has 6 heteroatoms. The van der Waals surface area contributed by atoms with Crippen LogP contribution in [0, 0.1) is 5.82 Å². The van der Waals surface area contributed by atoms with Crippen molar-refractivity contribution in [2.45, 2.75) is 39.4 Å². The van der Waals surface area contributed by atoms with Crippen LogP contribution in [0.4, 0.5) is 4.39 Å². The van der Waals surface area contributed by atoms with Gasteiger partial charge >= 0.3 is 0 Å². The van der Waals surface area contributed by atoms with Gasteiger partial charge in [0.2, 0.25) is 0 Å². The molecular formula is C30H32Cl2FN3. The number of nitrogens with zero attached hydrogens (tertiary/aromatic N) is 3. The third-order valence-corrected chi connectivity index (χ3v) is 7.88. The molecule has 0 amide bonds. The second-order valence-corrected chi connectivity index (χ2v) is 10.5. The van der Waals surface area contributed by atoms with Crippen molar-refractivity contribution in [3.05, 3.63) is 93.8 Å². The summed E-state index contributed by atoms with van der Waals surface area (Å²) in [4.78, 5) is 4.94. The summed E-state index contributed by atoms with van der Waals surface area (Å²) in [6, 6.07) is 19.4. The molecule has 0 radical (unpaired) electrons. The maximum atomic E-state index is 13.6. The number of hydrogen-bond donors (Lipinski definition) is 0. The number of aryl methyl sites for hydroxylation is 1. The Morgan fingerprint density at radius 3 is 2.17 bits per heavy atom. The summed E-state index contributed by atoms with van der Waals surface area (Å²) in [6.07, 6.45) is 4.52. The highest BCUT2D eigenvalue weighted by Crippen LogP contribution is 2.32. The van der Waals surface area contributed by atoms with E-state index in [1.807, 2.05) is 30.3 Å². The first-order chi connectivity index (χ1) is 17.5. The number of benzene rings is 3. The summed E-state index contributed by atoms with van der Waals surface area (Å²) >= 11 is 12.8. The van der Waals surface area contributed by atoms with Crippen molar-refractivity contribution in [3.8, 4) is 11.1 Å². The van der Waals surface area contributed by atoms with Gasteiger partial charge in [0.1, 0.15) is 5.82 Å². The van der Waals surface area contributed by atoms with E-state index >= 15 is 0 Å². The second-order valence-electron chi connectivity index (χ2n) is 9.70. The summed E-state index contributed by atoms with van der Waals surface area (Å²) in [5.41, 5.74) is 5.79. The average molecular weight is 525 g/mol. The number of piperazine rings is 1. The zero-order chi connectivity index (χ0) is 25.1. The van der Waals surface area contributed by atoms with E-state index in [1.165, 1.54) is 22.0 Å². The zero-order valence-corrected chi connectivity index (χ0v) is 22.2. The van der Waals surface area contributed by atoms with Gasteiger partial charge in [0.15, 0.2) is 0 Å². The minimum atomic E-state index is -0.204. The van der Waals surface area contributed by atoms with Crippen LogP contribution < -0.4 is 0 Å². The van der Waals surface area contributed by atoms with E-state index in [2.05, 4.69) is 45.7 Å². The maximum absolute atomic E-state index is 13.6. The molecule has 36 heavy (non-hydrogen) atoms. The van der Waals surface area contributed by atoms with Crippen molar-refractivity contribution in [1.29, 1.82) is 0 Å². The Hall–Kier alpha value is -2.37. The molecule has 2 heterocycles. The number of hydrogen-bond acceptors (Lipinski definition) is 2. The average Bonchev–Trinajstić information content (AvgIpc) is 3.24. The molecule has 0 spiro atoms. The van der Waals surface area contributed by atoms with Gasteiger partial charge in [-0.2, -0.15) is 0 Å². The predicted octanol–water partition coefficient (Wildman–Crippen LogP) is 7.87. The number of unbranched alkanes of at least 4 members (excludes halogenated alkanes) is 1. The van der Waals surface area contributed by atoms with Gasteiger partial charge in [-0.15, -0.1) is 0 Å². The molecule has 0 bridgehead atoms. The third kappa shape index (κ3) is 5.63. The van der Waals surface area contributed by atoms with Crippen LogP contribution in [0.1, 0.15) is 30.9 Å². The first-order valence-corrected chi connectivity index (χ1v) is 13.5. The van der Waals surface area contributed by atoms with Crippen LogP contribution in [-0.2, 0) is 19.6 Å². The number of fused-ring (bicyclic) bond motifs is 1. The Morgan fingerprint density at radius 1 is 0.833 bits per heavy atom. The van der Waals surface area contributed by atoms with E-state index in [-0.39, 0.29) is 5.82 Å². The van der Waals surface area contributed by atoms with Crippen LogP contribution in [-0.4, -0.2) is 40.5 Å². The highest BCUT2D eigenvalue weighted by molar-refractivity contribution is 6.35. The van der Waals surface area contributed by atoms with E-state index in [0.717, 1.165) is 79.8 Å². The molecule has 0 saturated carbocycles. The minimum absolute atomic E-state index is 0.204. The van der Waals surface area contributed by atoms with Crippen molar-refractivity contribution >= 4 is 34.1 Å². The van der Waals surface area contributed by atoms with E-state index < -0.39 is 0 Å². The molecule has 0 aliphatic carbocycles. The van der Waals surface area contributed by atoms with E-state index in [0.29, 0.717) is 0 Å². The van der Waals surface area contributed by atoms with Gasteiger partial charge in [0.05, 0.1) is 0 Å². The van der Waals surface area contributed by atoms with Crippen LogP contribution in [0.3, 0.4) is 0 Å². The minimum Gasteiger partial charge on any atom is -0.347 e. The Morgan fingerprint density at radius 2 is 1.50 bits per heavy atom. The first-order valence-electron chi connectivity index (χ1n) is 12.8. The number of halogens is 3. The predicted molar refractivity (Wildman–Crippen MR) is 149 cm³/mol. The second kappa shape index (κ2) is 11.4. The van der Waals surface area contributed by atoms with Crippen LogP contribution in [0.25, 0.3) is 22.0 Å². The topological polar surface area (TPSA) is 11.4 Å². The Labute approximate surface area is 223 Å². The molecule has 3 nitrogen and oxygen atoms in total. The fraction of sp³-hybridized carbons (Fsp3) is 0.333. The molecular weight excluding hydrogens is 492 g/mol. The molecule has 1 aromatic heterocycles. The van der Waals surface area contributed by atoms with Gasteiger partial charge in [0.25, 0.3) is 0 Å². The van der Waals surface area contributed by atoms with Crippen molar-refractivity contribution in [1.82, 2.24) is 14.4 Å². The molecule has 0 N–H and O–H groups in total. The summed E-state index contributed by atoms with van der Waals surface area (Å²) in [7, 11) is 0. The van der Waals surface area contributed by atoms with Gasteiger partial charge in [-0.1, -0.05) is 60.8 Å². The monoisotopic (exact) mass is 523 g/mol. The van der Waals surface area contributed by atoms with Crippen molar-refractivity contribution in [2.75, 3.05) is 26.2 Å². The standard InChI is InChI=1S/C30H32Cl2FN3/c1-2-3-13-36-21-26(23-8-10-24(33)11-9-23)25-18-22(7-12-30(25)36)19-34-14-16-35(17-15-34)20-27-28(31)5-4-6-29(27)32/h4-12,18,21H,2-3,13-17,19-20H2,1H3. The number of rotatable bonds is 8. The Bertz CT molecular complexity index is 1300. The Balaban J connectivity index is 1.31. The zero-order valence-electron chi connectivity index (χ0n) is 20.7. The molecule has 188 valence electrons. The molecule has 5 rings (SSSR count). The van der Waals surface area contributed by atoms with Gasteiger partial charge in [-0.25, -0.2) is 4.39 Å². The summed E-state index contributed by atoms with van der Waals surface area (Å²) < 4.78 is 15.9. The lowest BCUT2D eigenvalue weighted by atomic mass is 10.0. The van der Waals surface area contributed by atoms with Gasteiger partial charge < -0.3 is 4.57 Å². The van der Waals surface area contributed by atoms with E-state index in [9.17, 15) is 4.39 Å². The van der Waals surface area contributed by atoms with Gasteiger partial charge in [-0.3, -0.25) is 9.80 Å². The van der Waals surface area contributed by atoms with E-state index in [1.54, 1.807) is 12.1 Å². The molecule has 3 aromatic carbocycles. The SMILES string of the molecule is CCCCn1cc(-c2ccc(F)cc2)c2cc(CN3CCN(Cc4c(Cl)cccc4Cl)CC3)ccc21. The summed E-state index contributed by atoms with van der Waals surface area (Å²) in [5, 5.41) is 2.71. The molecule has 1 saturated heterocycles. The van der Waals surface area contributed by atoms with Crippen LogP contribution >= 0.6 is 23.2 Å². The molecule has 1 fully saturated rings. The van der Waals surface area contributed by atoms with Crippen LogP contribution in [0.15, 0.2) is 66.9 Å². The first kappa shape index (κ1) is 25.3. The number of aromatic nitrogens is 1. The van der Waals surface area contributed by atoms with Crippen molar-refractivity contribution < 1.29 is 4.39 Å². The lowest BCUT2D eigenvalue weighted by molar-refractivity contribution is 0.122. The lowest BCUT2D eigenvalue weighted by Gasteiger charge is -2.35. The van der Waals surface area contributed by atoms with Gasteiger partial charge in [-0.05, 0) is 53.9 Å². The third-order valence-electron chi connectivity index (χ3n) is 7.17. The highest BCUT2D eigenvalue weighted by Gasteiger charge is 2.20. The fourth-order valence-corrected chi connectivity index (χ4v) is 5.60. The molecule has 1 aliphatic rings. The molecule has 4 aromatic rings. The van der Waals surface area contributed by atoms with E-state index in [4.69, 9.17) is 23.2 Å². The highest BCUT2D eigenvalue weighted by atomic mass is 35.5. The smallest absolute Gasteiger partial charge is 0.123 e. The summed E-state index contributed by atoms with van der Waals surface area (Å²) in [5.74, 6) is -0.204. The van der Waals surface area contributed by atoms with Crippen LogP contribution in [0.5, 0.6) is 0 Å². The molecule has 0 atom stereocenters. The van der Waals surface area contributed by atoms with Crippen molar-refractivity contribution in [3.63, 3.8) is 0 Å². The summed E-state index contributed by atoms with van der Waals surface area (Å²) in [6.45, 7) is 8.88.